The van der Waals surface area contributed by atoms with Crippen LogP contribution in [0.4, 0.5) is 0 Å². The average Bonchev–Trinajstić information content (AvgIpc) is 3.11. The number of nitrogens with zero attached hydrogens (tertiary/aromatic N) is 2. The van der Waals surface area contributed by atoms with Gasteiger partial charge in [0.1, 0.15) is 11.6 Å². The number of aromatic amines is 1. The van der Waals surface area contributed by atoms with E-state index in [1.54, 1.807) is 19.2 Å². The number of H-pyrrole nitrogens is 1. The van der Waals surface area contributed by atoms with Crippen LogP contribution in [0, 0.1) is 0 Å². The maximum Gasteiger partial charge on any atom is 0.215 e. The van der Waals surface area contributed by atoms with E-state index in [-0.39, 0.29) is 12.3 Å². The lowest BCUT2D eigenvalue weighted by atomic mass is 10.2. The van der Waals surface area contributed by atoms with Gasteiger partial charge in [-0.15, -0.1) is 0 Å². The van der Waals surface area contributed by atoms with E-state index in [4.69, 9.17) is 4.74 Å². The number of nitrogens with one attached hydrogen (secondary N) is 2. The fourth-order valence-corrected chi connectivity index (χ4v) is 3.59. The SMILES string of the molecule is COc1ccc(-c2n[nH]c(CCNS(=O)(=O)Cc3ccccc3)n2)cc1. The number of hydrogen-bond donors (Lipinski definition) is 2. The second kappa shape index (κ2) is 8.11. The van der Waals surface area contributed by atoms with Crippen molar-refractivity contribution in [2.75, 3.05) is 13.7 Å². The Bertz CT molecular complexity index is 938. The summed E-state index contributed by atoms with van der Waals surface area (Å²) in [5, 5.41) is 7.01. The van der Waals surface area contributed by atoms with E-state index >= 15 is 0 Å². The predicted octanol–water partition coefficient (Wildman–Crippen LogP) is 2.14. The first kappa shape index (κ1) is 18.1. The third-order valence-corrected chi connectivity index (χ3v) is 5.12. The Labute approximate surface area is 152 Å². The molecule has 26 heavy (non-hydrogen) atoms. The number of hydrogen-bond acceptors (Lipinski definition) is 5. The molecule has 0 amide bonds. The van der Waals surface area contributed by atoms with Crippen molar-refractivity contribution in [1.29, 1.82) is 0 Å². The van der Waals surface area contributed by atoms with Crippen LogP contribution >= 0.6 is 0 Å². The summed E-state index contributed by atoms with van der Waals surface area (Å²) in [4.78, 5) is 4.40. The molecule has 0 fully saturated rings. The third kappa shape index (κ3) is 4.90. The van der Waals surface area contributed by atoms with Gasteiger partial charge >= 0.3 is 0 Å². The van der Waals surface area contributed by atoms with Crippen molar-refractivity contribution in [2.45, 2.75) is 12.2 Å². The standard InChI is InChI=1S/C18H20N4O3S/c1-25-16-9-7-15(8-10-16)18-20-17(21-22-18)11-12-19-26(23,24)13-14-5-3-2-4-6-14/h2-10,19H,11-13H2,1H3,(H,20,21,22). The van der Waals surface area contributed by atoms with Crippen LogP contribution in [-0.4, -0.2) is 37.3 Å². The molecule has 2 aromatic carbocycles. The van der Waals surface area contributed by atoms with Crippen molar-refractivity contribution in [1.82, 2.24) is 19.9 Å². The molecule has 3 rings (SSSR count). The Kier molecular flexibility index (Phi) is 5.65. The summed E-state index contributed by atoms with van der Waals surface area (Å²) in [6, 6.07) is 16.5. The van der Waals surface area contributed by atoms with Crippen LogP contribution in [0.15, 0.2) is 54.6 Å². The molecule has 0 aliphatic rings. The van der Waals surface area contributed by atoms with Gasteiger partial charge in [0.25, 0.3) is 0 Å². The maximum atomic E-state index is 12.1. The quantitative estimate of drug-likeness (QED) is 0.631. The third-order valence-electron chi connectivity index (χ3n) is 3.76. The van der Waals surface area contributed by atoms with Gasteiger partial charge < -0.3 is 4.74 Å². The fraction of sp³-hybridized carbons (Fsp3) is 0.222. The Morgan fingerprint density at radius 1 is 1.08 bits per heavy atom. The average molecular weight is 372 g/mol. The van der Waals surface area contributed by atoms with Crippen LogP contribution in [0.5, 0.6) is 5.75 Å². The van der Waals surface area contributed by atoms with Gasteiger partial charge in [0.05, 0.1) is 12.9 Å². The molecular formula is C18H20N4O3S. The highest BCUT2D eigenvalue weighted by molar-refractivity contribution is 7.88. The summed E-state index contributed by atoms with van der Waals surface area (Å²) >= 11 is 0. The molecule has 0 radical (unpaired) electrons. The second-order valence-electron chi connectivity index (χ2n) is 5.72. The van der Waals surface area contributed by atoms with E-state index in [0.717, 1.165) is 16.9 Å². The fourth-order valence-electron chi connectivity index (χ4n) is 2.45. The van der Waals surface area contributed by atoms with Gasteiger partial charge in [0.2, 0.25) is 10.0 Å². The van der Waals surface area contributed by atoms with E-state index < -0.39 is 10.0 Å². The largest absolute Gasteiger partial charge is 0.497 e. The molecule has 2 N–H and O–H groups in total. The van der Waals surface area contributed by atoms with Crippen LogP contribution in [-0.2, 0) is 22.2 Å². The smallest absolute Gasteiger partial charge is 0.215 e. The van der Waals surface area contributed by atoms with Gasteiger partial charge in [-0.1, -0.05) is 30.3 Å². The molecule has 7 nitrogen and oxygen atoms in total. The summed E-state index contributed by atoms with van der Waals surface area (Å²) in [7, 11) is -1.77. The Balaban J connectivity index is 1.54. The summed E-state index contributed by atoms with van der Waals surface area (Å²) in [5.74, 6) is 1.91. The van der Waals surface area contributed by atoms with Crippen molar-refractivity contribution in [3.05, 3.63) is 66.0 Å². The molecule has 0 spiro atoms. The topological polar surface area (TPSA) is 97.0 Å². The normalized spacial score (nSPS) is 11.4. The van der Waals surface area contributed by atoms with Crippen molar-refractivity contribution < 1.29 is 13.2 Å². The molecule has 3 aromatic rings. The van der Waals surface area contributed by atoms with E-state index in [0.29, 0.717) is 18.1 Å². The number of ether oxygens (including phenoxy) is 1. The first-order valence-electron chi connectivity index (χ1n) is 8.13. The Morgan fingerprint density at radius 2 is 1.81 bits per heavy atom. The van der Waals surface area contributed by atoms with E-state index in [1.807, 2.05) is 42.5 Å². The van der Waals surface area contributed by atoms with Gasteiger partial charge in [-0.05, 0) is 29.8 Å². The van der Waals surface area contributed by atoms with E-state index in [9.17, 15) is 8.42 Å². The summed E-state index contributed by atoms with van der Waals surface area (Å²) < 4.78 is 31.9. The maximum absolute atomic E-state index is 12.1. The first-order valence-corrected chi connectivity index (χ1v) is 9.78. The number of methoxy groups -OCH3 is 1. The lowest BCUT2D eigenvalue weighted by Gasteiger charge is -2.05. The van der Waals surface area contributed by atoms with Gasteiger partial charge in [0, 0.05) is 18.5 Å². The minimum Gasteiger partial charge on any atom is -0.497 e. The predicted molar refractivity (Wildman–Crippen MR) is 99.1 cm³/mol. The van der Waals surface area contributed by atoms with Gasteiger partial charge in [0.15, 0.2) is 5.82 Å². The molecule has 0 saturated heterocycles. The van der Waals surface area contributed by atoms with Crippen molar-refractivity contribution >= 4 is 10.0 Å². The molecule has 8 heteroatoms. The van der Waals surface area contributed by atoms with Crippen molar-refractivity contribution in [2.24, 2.45) is 0 Å². The lowest BCUT2D eigenvalue weighted by Crippen LogP contribution is -2.27. The van der Waals surface area contributed by atoms with E-state index in [2.05, 4.69) is 19.9 Å². The highest BCUT2D eigenvalue weighted by Gasteiger charge is 2.12. The molecule has 0 saturated carbocycles. The van der Waals surface area contributed by atoms with Gasteiger partial charge in [-0.25, -0.2) is 18.1 Å². The monoisotopic (exact) mass is 372 g/mol. The van der Waals surface area contributed by atoms with Crippen molar-refractivity contribution in [3.8, 4) is 17.1 Å². The molecule has 1 heterocycles. The van der Waals surface area contributed by atoms with E-state index in [1.165, 1.54) is 0 Å². The number of aromatic nitrogens is 3. The Hall–Kier alpha value is -2.71. The van der Waals surface area contributed by atoms with Crippen LogP contribution in [0.25, 0.3) is 11.4 Å². The summed E-state index contributed by atoms with van der Waals surface area (Å²) in [5.41, 5.74) is 1.61. The number of sulfonamides is 1. The lowest BCUT2D eigenvalue weighted by molar-refractivity contribution is 0.415. The molecule has 0 unspecified atom stereocenters. The molecule has 0 aliphatic carbocycles. The molecule has 0 aliphatic heterocycles. The zero-order valence-electron chi connectivity index (χ0n) is 14.3. The molecule has 0 bridgehead atoms. The van der Waals surface area contributed by atoms with Crippen LogP contribution < -0.4 is 9.46 Å². The highest BCUT2D eigenvalue weighted by Crippen LogP contribution is 2.18. The number of rotatable bonds is 8. The van der Waals surface area contributed by atoms with Crippen LogP contribution in [0.2, 0.25) is 0 Å². The van der Waals surface area contributed by atoms with Gasteiger partial charge in [-0.3, -0.25) is 5.10 Å². The molecular weight excluding hydrogens is 352 g/mol. The van der Waals surface area contributed by atoms with Crippen molar-refractivity contribution in [3.63, 3.8) is 0 Å². The minimum absolute atomic E-state index is 0.0403. The minimum atomic E-state index is -3.38. The molecule has 1 aromatic heterocycles. The zero-order valence-corrected chi connectivity index (χ0v) is 15.2. The molecule has 0 atom stereocenters. The van der Waals surface area contributed by atoms with Crippen LogP contribution in [0.3, 0.4) is 0 Å². The summed E-state index contributed by atoms with van der Waals surface area (Å²) in [6.45, 7) is 0.256. The highest BCUT2D eigenvalue weighted by atomic mass is 32.2. The molecule has 136 valence electrons. The van der Waals surface area contributed by atoms with Gasteiger partial charge in [-0.2, -0.15) is 5.10 Å². The summed E-state index contributed by atoms with van der Waals surface area (Å²) in [6.07, 6.45) is 0.428. The second-order valence-corrected chi connectivity index (χ2v) is 7.53. The first-order chi connectivity index (χ1) is 12.6. The zero-order chi connectivity index (χ0) is 18.4. The number of benzene rings is 2. The Morgan fingerprint density at radius 3 is 2.50 bits per heavy atom. The van der Waals surface area contributed by atoms with Crippen LogP contribution in [0.1, 0.15) is 11.4 Å².